The van der Waals surface area contributed by atoms with Crippen LogP contribution in [0.1, 0.15) is 43.2 Å². The predicted molar refractivity (Wildman–Crippen MR) is 94.8 cm³/mol. The van der Waals surface area contributed by atoms with Crippen LogP contribution in [0, 0.1) is 25.2 Å². The number of carbonyl (C=O) groups is 1. The maximum absolute atomic E-state index is 12.7. The lowest BCUT2D eigenvalue weighted by atomic mass is 9.99. The normalized spacial score (nSPS) is 15.9. The summed E-state index contributed by atoms with van der Waals surface area (Å²) in [6, 6.07) is 8.02. The molecule has 130 valence electrons. The van der Waals surface area contributed by atoms with Gasteiger partial charge in [-0.25, -0.2) is 0 Å². The standard InChI is InChI=1S/C19H27N3O2/c1-15-6-7-17(12-16(15)2)22(11-5-10-20)18(24)13-21-19(14-23)8-3-4-9-19/h6-7,12,21,23H,3-5,8-9,11,13-14H2,1-2H3. The maximum atomic E-state index is 12.7. The van der Waals surface area contributed by atoms with E-state index in [1.54, 1.807) is 4.90 Å². The number of hydrogen-bond acceptors (Lipinski definition) is 4. The number of rotatable bonds is 7. The van der Waals surface area contributed by atoms with Gasteiger partial charge in [-0.2, -0.15) is 5.26 Å². The van der Waals surface area contributed by atoms with Crippen molar-refractivity contribution in [2.45, 2.75) is 51.5 Å². The number of carbonyl (C=O) groups excluding carboxylic acids is 1. The molecule has 1 aromatic rings. The van der Waals surface area contributed by atoms with Gasteiger partial charge in [0.2, 0.25) is 5.91 Å². The van der Waals surface area contributed by atoms with Gasteiger partial charge in [0.1, 0.15) is 0 Å². The zero-order valence-electron chi connectivity index (χ0n) is 14.6. The van der Waals surface area contributed by atoms with Crippen LogP contribution in [-0.2, 0) is 4.79 Å². The van der Waals surface area contributed by atoms with Crippen molar-refractivity contribution in [3.8, 4) is 6.07 Å². The molecule has 0 unspecified atom stereocenters. The molecule has 1 saturated carbocycles. The summed E-state index contributed by atoms with van der Waals surface area (Å²) in [5.74, 6) is -0.0618. The number of nitriles is 1. The molecule has 1 aliphatic carbocycles. The van der Waals surface area contributed by atoms with Gasteiger partial charge in [-0.1, -0.05) is 18.9 Å². The molecule has 0 saturated heterocycles. The number of benzene rings is 1. The number of aliphatic hydroxyl groups is 1. The second kappa shape index (κ2) is 8.27. The number of hydrogen-bond donors (Lipinski definition) is 2. The molecule has 0 aromatic heterocycles. The lowest BCUT2D eigenvalue weighted by Gasteiger charge is -2.30. The average Bonchev–Trinajstić information content (AvgIpc) is 3.06. The third-order valence-electron chi connectivity index (χ3n) is 5.03. The van der Waals surface area contributed by atoms with Crippen LogP contribution < -0.4 is 10.2 Å². The summed E-state index contributed by atoms with van der Waals surface area (Å²) in [6.07, 6.45) is 4.26. The van der Waals surface area contributed by atoms with Crippen LogP contribution in [0.4, 0.5) is 5.69 Å². The molecular formula is C19H27N3O2. The molecule has 1 aromatic carbocycles. The molecule has 24 heavy (non-hydrogen) atoms. The Morgan fingerprint density at radius 2 is 2.04 bits per heavy atom. The summed E-state index contributed by atoms with van der Waals surface area (Å²) in [5, 5.41) is 21.8. The number of aryl methyl sites for hydroxylation is 2. The van der Waals surface area contributed by atoms with Gasteiger partial charge in [0.05, 0.1) is 25.6 Å². The quantitative estimate of drug-likeness (QED) is 0.805. The Labute approximate surface area is 144 Å². The first-order valence-corrected chi connectivity index (χ1v) is 8.62. The first kappa shape index (κ1) is 18.4. The highest BCUT2D eigenvalue weighted by Gasteiger charge is 2.33. The van der Waals surface area contributed by atoms with E-state index in [2.05, 4.69) is 11.4 Å². The minimum Gasteiger partial charge on any atom is -0.394 e. The summed E-state index contributed by atoms with van der Waals surface area (Å²) in [5.41, 5.74) is 2.80. The van der Waals surface area contributed by atoms with E-state index in [-0.39, 0.29) is 24.6 Å². The summed E-state index contributed by atoms with van der Waals surface area (Å²) in [6.45, 7) is 4.67. The fraction of sp³-hybridized carbons (Fsp3) is 0.579. The van der Waals surface area contributed by atoms with Crippen LogP contribution in [0.25, 0.3) is 0 Å². The first-order valence-electron chi connectivity index (χ1n) is 8.62. The highest BCUT2D eigenvalue weighted by atomic mass is 16.3. The fourth-order valence-electron chi connectivity index (χ4n) is 3.25. The maximum Gasteiger partial charge on any atom is 0.240 e. The summed E-state index contributed by atoms with van der Waals surface area (Å²) in [7, 11) is 0. The molecule has 5 heteroatoms. The van der Waals surface area contributed by atoms with Gasteiger partial charge in [-0.3, -0.25) is 4.79 Å². The van der Waals surface area contributed by atoms with Gasteiger partial charge in [-0.05, 0) is 49.9 Å². The van der Waals surface area contributed by atoms with E-state index in [1.807, 2.05) is 32.0 Å². The van der Waals surface area contributed by atoms with Crippen molar-refractivity contribution in [1.82, 2.24) is 5.32 Å². The second-order valence-electron chi connectivity index (χ2n) is 6.72. The minimum absolute atomic E-state index is 0.0577. The molecule has 0 atom stereocenters. The van der Waals surface area contributed by atoms with Crippen molar-refractivity contribution in [1.29, 1.82) is 5.26 Å². The molecule has 5 nitrogen and oxygen atoms in total. The lowest BCUT2D eigenvalue weighted by Crippen LogP contribution is -2.51. The Bertz CT molecular complexity index is 616. The summed E-state index contributed by atoms with van der Waals surface area (Å²) < 4.78 is 0. The number of aliphatic hydroxyl groups excluding tert-OH is 1. The molecule has 0 heterocycles. The molecule has 0 spiro atoms. The molecule has 0 aliphatic heterocycles. The third-order valence-corrected chi connectivity index (χ3v) is 5.03. The molecule has 1 amide bonds. The number of nitrogens with zero attached hydrogens (tertiary/aromatic N) is 2. The average molecular weight is 329 g/mol. The van der Waals surface area contributed by atoms with E-state index >= 15 is 0 Å². The van der Waals surface area contributed by atoms with Gasteiger partial charge in [0, 0.05) is 17.8 Å². The van der Waals surface area contributed by atoms with E-state index in [0.29, 0.717) is 13.0 Å². The zero-order chi connectivity index (χ0) is 17.6. The topological polar surface area (TPSA) is 76.4 Å². The minimum atomic E-state index is -0.320. The van der Waals surface area contributed by atoms with E-state index in [1.165, 1.54) is 5.56 Å². The van der Waals surface area contributed by atoms with Gasteiger partial charge in [0.15, 0.2) is 0 Å². The Morgan fingerprint density at radius 3 is 2.62 bits per heavy atom. The number of anilines is 1. The van der Waals surface area contributed by atoms with Crippen LogP contribution in [-0.4, -0.2) is 36.2 Å². The number of amides is 1. The van der Waals surface area contributed by atoms with E-state index < -0.39 is 0 Å². The van der Waals surface area contributed by atoms with Crippen molar-refractivity contribution >= 4 is 11.6 Å². The molecule has 0 radical (unpaired) electrons. The Kier molecular flexibility index (Phi) is 6.36. The van der Waals surface area contributed by atoms with E-state index in [0.717, 1.165) is 36.9 Å². The SMILES string of the molecule is Cc1ccc(N(CCC#N)C(=O)CNC2(CO)CCCC2)cc1C. The highest BCUT2D eigenvalue weighted by molar-refractivity contribution is 5.95. The summed E-state index contributed by atoms with van der Waals surface area (Å²) >= 11 is 0. The Morgan fingerprint density at radius 1 is 1.33 bits per heavy atom. The smallest absolute Gasteiger partial charge is 0.240 e. The lowest BCUT2D eigenvalue weighted by molar-refractivity contribution is -0.118. The van der Waals surface area contributed by atoms with Crippen molar-refractivity contribution in [3.05, 3.63) is 29.3 Å². The van der Waals surface area contributed by atoms with Crippen molar-refractivity contribution in [3.63, 3.8) is 0 Å². The van der Waals surface area contributed by atoms with Crippen LogP contribution in [0.3, 0.4) is 0 Å². The molecule has 1 fully saturated rings. The molecular weight excluding hydrogens is 302 g/mol. The second-order valence-corrected chi connectivity index (χ2v) is 6.72. The van der Waals surface area contributed by atoms with Gasteiger partial charge in [-0.15, -0.1) is 0 Å². The zero-order valence-corrected chi connectivity index (χ0v) is 14.6. The van der Waals surface area contributed by atoms with E-state index in [9.17, 15) is 9.90 Å². The van der Waals surface area contributed by atoms with Crippen molar-refractivity contribution in [2.75, 3.05) is 24.6 Å². The van der Waals surface area contributed by atoms with Crippen LogP contribution in [0.15, 0.2) is 18.2 Å². The Balaban J connectivity index is 2.10. The third kappa shape index (κ3) is 4.34. The van der Waals surface area contributed by atoms with Crippen molar-refractivity contribution in [2.24, 2.45) is 0 Å². The Hall–Kier alpha value is -1.90. The summed E-state index contributed by atoms with van der Waals surface area (Å²) in [4.78, 5) is 14.4. The van der Waals surface area contributed by atoms with Gasteiger partial charge < -0.3 is 15.3 Å². The van der Waals surface area contributed by atoms with Crippen LogP contribution in [0.2, 0.25) is 0 Å². The fourth-order valence-corrected chi connectivity index (χ4v) is 3.25. The number of nitrogens with one attached hydrogen (secondary N) is 1. The monoisotopic (exact) mass is 329 g/mol. The molecule has 2 N–H and O–H groups in total. The predicted octanol–water partition coefficient (Wildman–Crippen LogP) is 2.44. The largest absolute Gasteiger partial charge is 0.394 e. The van der Waals surface area contributed by atoms with Crippen LogP contribution in [0.5, 0.6) is 0 Å². The highest BCUT2D eigenvalue weighted by Crippen LogP contribution is 2.29. The first-order chi connectivity index (χ1) is 11.5. The van der Waals surface area contributed by atoms with Gasteiger partial charge in [0.25, 0.3) is 0 Å². The molecule has 0 bridgehead atoms. The van der Waals surface area contributed by atoms with E-state index in [4.69, 9.17) is 5.26 Å². The van der Waals surface area contributed by atoms with Gasteiger partial charge >= 0.3 is 0 Å². The molecule has 1 aliphatic rings. The molecule has 2 rings (SSSR count). The van der Waals surface area contributed by atoms with Crippen LogP contribution >= 0.6 is 0 Å². The van der Waals surface area contributed by atoms with Crippen molar-refractivity contribution < 1.29 is 9.90 Å².